The van der Waals surface area contributed by atoms with Crippen LogP contribution in [0.25, 0.3) is 22.2 Å². The molecule has 0 aliphatic rings. The van der Waals surface area contributed by atoms with E-state index in [1.807, 2.05) is 0 Å². The first kappa shape index (κ1) is 18.6. The molecule has 0 atom stereocenters. The number of hydrogen-bond donors (Lipinski definition) is 1. The van der Waals surface area contributed by atoms with Crippen molar-refractivity contribution < 1.29 is 18.7 Å². The predicted octanol–water partition coefficient (Wildman–Crippen LogP) is 3.96. The van der Waals surface area contributed by atoms with Crippen LogP contribution in [0.1, 0.15) is 20.7 Å². The fourth-order valence-corrected chi connectivity index (χ4v) is 3.47. The van der Waals surface area contributed by atoms with Crippen molar-refractivity contribution in [2.45, 2.75) is 0 Å². The zero-order valence-electron chi connectivity index (χ0n) is 15.2. The number of anilines is 1. The molecule has 0 fully saturated rings. The normalized spacial score (nSPS) is 10.7. The SMILES string of the molecule is COC(=O)c1ccc(-c2csc(NC(=O)c3coc4ccccc4c3=O)n2)cc1. The highest BCUT2D eigenvalue weighted by Gasteiger charge is 2.16. The Morgan fingerprint density at radius 1 is 1.10 bits per heavy atom. The van der Waals surface area contributed by atoms with Gasteiger partial charge in [0.15, 0.2) is 5.13 Å². The van der Waals surface area contributed by atoms with Crippen molar-refractivity contribution in [3.05, 3.63) is 81.5 Å². The molecular formula is C21H14N2O5S. The van der Waals surface area contributed by atoms with Crippen LogP contribution in [0.15, 0.2) is 69.4 Å². The maximum absolute atomic E-state index is 12.5. The van der Waals surface area contributed by atoms with Crippen molar-refractivity contribution in [3.63, 3.8) is 0 Å². The molecule has 8 heteroatoms. The van der Waals surface area contributed by atoms with E-state index in [4.69, 9.17) is 4.42 Å². The van der Waals surface area contributed by atoms with Gasteiger partial charge in [-0.2, -0.15) is 0 Å². The van der Waals surface area contributed by atoms with Gasteiger partial charge >= 0.3 is 5.97 Å². The van der Waals surface area contributed by atoms with E-state index in [1.54, 1.807) is 53.9 Å². The highest BCUT2D eigenvalue weighted by atomic mass is 32.1. The number of para-hydroxylation sites is 1. The van der Waals surface area contributed by atoms with E-state index in [1.165, 1.54) is 18.4 Å². The molecule has 29 heavy (non-hydrogen) atoms. The third-order valence-corrected chi connectivity index (χ3v) is 5.01. The Bertz CT molecular complexity index is 1270. The van der Waals surface area contributed by atoms with Crippen LogP contribution in [-0.2, 0) is 4.74 Å². The first-order valence-electron chi connectivity index (χ1n) is 8.53. The largest absolute Gasteiger partial charge is 0.465 e. The van der Waals surface area contributed by atoms with Gasteiger partial charge in [-0.3, -0.25) is 14.9 Å². The third-order valence-electron chi connectivity index (χ3n) is 4.25. The maximum atomic E-state index is 12.5. The second-order valence-corrected chi connectivity index (χ2v) is 6.89. The predicted molar refractivity (Wildman–Crippen MR) is 109 cm³/mol. The summed E-state index contributed by atoms with van der Waals surface area (Å²) >= 11 is 1.22. The Labute approximate surface area is 168 Å². The lowest BCUT2D eigenvalue weighted by Crippen LogP contribution is -2.21. The molecule has 2 aromatic carbocycles. The van der Waals surface area contributed by atoms with Crippen molar-refractivity contribution in [1.82, 2.24) is 4.98 Å². The number of thiazole rings is 1. The molecule has 7 nitrogen and oxygen atoms in total. The Balaban J connectivity index is 1.55. The monoisotopic (exact) mass is 406 g/mol. The zero-order chi connectivity index (χ0) is 20.4. The molecule has 2 aromatic heterocycles. The molecular weight excluding hydrogens is 392 g/mol. The van der Waals surface area contributed by atoms with E-state index in [-0.39, 0.29) is 5.56 Å². The fraction of sp³-hybridized carbons (Fsp3) is 0.0476. The Kier molecular flexibility index (Phi) is 4.92. The molecule has 0 unspecified atom stereocenters. The van der Waals surface area contributed by atoms with E-state index in [9.17, 15) is 14.4 Å². The number of carbonyl (C=O) groups excluding carboxylic acids is 2. The second-order valence-electron chi connectivity index (χ2n) is 6.04. The number of ether oxygens (including phenoxy) is 1. The summed E-state index contributed by atoms with van der Waals surface area (Å²) < 4.78 is 10.1. The molecule has 4 rings (SSSR count). The Morgan fingerprint density at radius 2 is 1.86 bits per heavy atom. The van der Waals surface area contributed by atoms with Crippen molar-refractivity contribution in [2.24, 2.45) is 0 Å². The van der Waals surface area contributed by atoms with Crippen molar-refractivity contribution in [3.8, 4) is 11.3 Å². The van der Waals surface area contributed by atoms with Crippen LogP contribution in [0.3, 0.4) is 0 Å². The van der Waals surface area contributed by atoms with Gasteiger partial charge in [0.05, 0.1) is 23.8 Å². The van der Waals surface area contributed by atoms with Crippen LogP contribution >= 0.6 is 11.3 Å². The van der Waals surface area contributed by atoms with Gasteiger partial charge in [0.2, 0.25) is 5.43 Å². The van der Waals surface area contributed by atoms with Crippen molar-refractivity contribution in [2.75, 3.05) is 12.4 Å². The summed E-state index contributed by atoms with van der Waals surface area (Å²) in [6, 6.07) is 13.5. The maximum Gasteiger partial charge on any atom is 0.337 e. The smallest absolute Gasteiger partial charge is 0.337 e. The van der Waals surface area contributed by atoms with Crippen LogP contribution < -0.4 is 10.7 Å². The third kappa shape index (κ3) is 3.65. The summed E-state index contributed by atoms with van der Waals surface area (Å²) in [4.78, 5) is 40.9. The first-order chi connectivity index (χ1) is 14.1. The quantitative estimate of drug-likeness (QED) is 0.515. The minimum Gasteiger partial charge on any atom is -0.465 e. The Morgan fingerprint density at radius 3 is 2.62 bits per heavy atom. The zero-order valence-corrected chi connectivity index (χ0v) is 16.0. The number of hydrogen-bond acceptors (Lipinski definition) is 7. The number of amides is 1. The molecule has 1 amide bonds. The number of fused-ring (bicyclic) bond motifs is 1. The van der Waals surface area contributed by atoms with E-state index in [0.717, 1.165) is 11.8 Å². The summed E-state index contributed by atoms with van der Waals surface area (Å²) in [5, 5.41) is 5.08. The Hall–Kier alpha value is -3.78. The summed E-state index contributed by atoms with van der Waals surface area (Å²) in [7, 11) is 1.32. The highest BCUT2D eigenvalue weighted by molar-refractivity contribution is 7.14. The van der Waals surface area contributed by atoms with E-state index in [0.29, 0.717) is 27.4 Å². The first-order valence-corrected chi connectivity index (χ1v) is 9.41. The average Bonchev–Trinajstić information content (AvgIpc) is 3.22. The molecule has 0 saturated heterocycles. The van der Waals surface area contributed by atoms with Gasteiger partial charge in [-0.1, -0.05) is 24.3 Å². The van der Waals surface area contributed by atoms with Crippen LogP contribution in [0.2, 0.25) is 0 Å². The molecule has 0 spiro atoms. The van der Waals surface area contributed by atoms with Gasteiger partial charge in [-0.05, 0) is 24.3 Å². The standard InChI is InChI=1S/C21H14N2O5S/c1-27-20(26)13-8-6-12(7-9-13)16-11-29-21(22-16)23-19(25)15-10-28-17-5-3-2-4-14(17)18(15)24/h2-11H,1H3,(H,22,23,25). The van der Waals surface area contributed by atoms with Gasteiger partial charge in [-0.25, -0.2) is 9.78 Å². The molecule has 0 radical (unpaired) electrons. The summed E-state index contributed by atoms with van der Waals surface area (Å²) in [5.41, 5.74) is 1.76. The number of aromatic nitrogens is 1. The van der Waals surface area contributed by atoms with Gasteiger partial charge in [0.1, 0.15) is 17.4 Å². The van der Waals surface area contributed by atoms with Crippen molar-refractivity contribution in [1.29, 1.82) is 0 Å². The molecule has 1 N–H and O–H groups in total. The summed E-state index contributed by atoms with van der Waals surface area (Å²) in [6.45, 7) is 0. The van der Waals surface area contributed by atoms with E-state index < -0.39 is 17.3 Å². The molecule has 0 saturated carbocycles. The summed E-state index contributed by atoms with van der Waals surface area (Å²) in [6.07, 6.45) is 1.15. The number of nitrogens with one attached hydrogen (secondary N) is 1. The summed E-state index contributed by atoms with van der Waals surface area (Å²) in [5.74, 6) is -1.01. The number of benzene rings is 2. The van der Waals surface area contributed by atoms with Gasteiger partial charge < -0.3 is 9.15 Å². The molecule has 144 valence electrons. The number of esters is 1. The van der Waals surface area contributed by atoms with Gasteiger partial charge in [-0.15, -0.1) is 11.3 Å². The molecule has 2 heterocycles. The average molecular weight is 406 g/mol. The van der Waals surface area contributed by atoms with Crippen LogP contribution in [0.5, 0.6) is 0 Å². The lowest BCUT2D eigenvalue weighted by molar-refractivity contribution is 0.0600. The van der Waals surface area contributed by atoms with Crippen molar-refractivity contribution >= 4 is 39.3 Å². The van der Waals surface area contributed by atoms with E-state index >= 15 is 0 Å². The number of carbonyl (C=O) groups is 2. The van der Waals surface area contributed by atoms with Crippen LogP contribution in [0, 0.1) is 0 Å². The van der Waals surface area contributed by atoms with E-state index in [2.05, 4.69) is 15.0 Å². The number of nitrogens with zero attached hydrogens (tertiary/aromatic N) is 1. The van der Waals surface area contributed by atoms with Crippen LogP contribution in [-0.4, -0.2) is 24.0 Å². The fourth-order valence-electron chi connectivity index (χ4n) is 2.76. The number of rotatable bonds is 4. The highest BCUT2D eigenvalue weighted by Crippen LogP contribution is 2.25. The molecule has 0 aliphatic carbocycles. The number of methoxy groups -OCH3 is 1. The molecule has 0 bridgehead atoms. The topological polar surface area (TPSA) is 98.5 Å². The molecule has 0 aliphatic heterocycles. The van der Waals surface area contributed by atoms with Gasteiger partial charge in [0, 0.05) is 10.9 Å². The minimum atomic E-state index is -0.591. The van der Waals surface area contributed by atoms with Gasteiger partial charge in [0.25, 0.3) is 5.91 Å². The lowest BCUT2D eigenvalue weighted by atomic mass is 10.1. The second kappa shape index (κ2) is 7.69. The lowest BCUT2D eigenvalue weighted by Gasteiger charge is -2.03. The van der Waals surface area contributed by atoms with Crippen LogP contribution in [0.4, 0.5) is 5.13 Å². The molecule has 4 aromatic rings. The minimum absolute atomic E-state index is 0.0946.